The van der Waals surface area contributed by atoms with Crippen molar-refractivity contribution in [3.63, 3.8) is 0 Å². The van der Waals surface area contributed by atoms with E-state index >= 15 is 0 Å². The predicted molar refractivity (Wildman–Crippen MR) is 110 cm³/mol. The van der Waals surface area contributed by atoms with Crippen molar-refractivity contribution in [2.45, 2.75) is 25.8 Å². The Morgan fingerprint density at radius 3 is 2.23 bits per heavy atom. The maximum Gasteiger partial charge on any atom is 0.261 e. The van der Waals surface area contributed by atoms with Gasteiger partial charge in [-0.2, -0.15) is 0 Å². The molecule has 2 aromatic carbocycles. The number of nitrogens with zero attached hydrogens (tertiary/aromatic N) is 2. The summed E-state index contributed by atoms with van der Waals surface area (Å²) in [4.78, 5) is 40.9. The van der Waals surface area contributed by atoms with Gasteiger partial charge in [0.15, 0.2) is 11.5 Å². The van der Waals surface area contributed by atoms with Crippen LogP contribution in [-0.2, 0) is 11.2 Å². The van der Waals surface area contributed by atoms with Crippen LogP contribution < -0.4 is 9.47 Å². The molecule has 0 unspecified atom stereocenters. The Balaban J connectivity index is 1.47. The van der Waals surface area contributed by atoms with Crippen LogP contribution in [0.15, 0.2) is 36.4 Å². The number of imide groups is 1. The van der Waals surface area contributed by atoms with Crippen molar-refractivity contribution >= 4 is 17.7 Å². The van der Waals surface area contributed by atoms with Gasteiger partial charge in [0.25, 0.3) is 11.8 Å². The number of hydrogen-bond donors (Lipinski definition) is 0. The highest BCUT2D eigenvalue weighted by atomic mass is 16.5. The molecule has 0 bridgehead atoms. The van der Waals surface area contributed by atoms with Crippen LogP contribution in [0.2, 0.25) is 0 Å². The number of carbonyl (C=O) groups is 3. The molecular formula is C23H24N2O5. The molecule has 1 atom stereocenters. The number of methoxy groups -OCH3 is 2. The van der Waals surface area contributed by atoms with E-state index in [1.165, 1.54) is 4.90 Å². The SMILES string of the molecule is COc1cc2c(cc1OC)[C@H](C)N(C(=O)CCN1C(=O)c3ccccc3C1=O)CC2. The molecule has 0 aliphatic carbocycles. The molecule has 2 heterocycles. The number of hydrogen-bond acceptors (Lipinski definition) is 5. The zero-order chi connectivity index (χ0) is 21.4. The summed E-state index contributed by atoms with van der Waals surface area (Å²) in [6.07, 6.45) is 0.803. The molecule has 7 heteroatoms. The van der Waals surface area contributed by atoms with Crippen LogP contribution in [0.4, 0.5) is 0 Å². The number of benzene rings is 2. The van der Waals surface area contributed by atoms with Gasteiger partial charge in [-0.05, 0) is 48.7 Å². The molecule has 0 aromatic heterocycles. The van der Waals surface area contributed by atoms with Gasteiger partial charge in [0.2, 0.25) is 5.91 Å². The first-order chi connectivity index (χ1) is 14.5. The van der Waals surface area contributed by atoms with Gasteiger partial charge >= 0.3 is 0 Å². The van der Waals surface area contributed by atoms with Gasteiger partial charge in [-0.25, -0.2) is 0 Å². The summed E-state index contributed by atoms with van der Waals surface area (Å²) in [5.74, 6) is 0.548. The zero-order valence-electron chi connectivity index (χ0n) is 17.3. The van der Waals surface area contributed by atoms with E-state index in [1.807, 2.05) is 19.1 Å². The van der Waals surface area contributed by atoms with E-state index in [0.29, 0.717) is 35.6 Å². The van der Waals surface area contributed by atoms with Crippen LogP contribution in [0.3, 0.4) is 0 Å². The molecule has 3 amide bonds. The molecule has 2 aliphatic rings. The summed E-state index contributed by atoms with van der Waals surface area (Å²) in [6.45, 7) is 2.63. The second-order valence-corrected chi connectivity index (χ2v) is 7.48. The number of fused-ring (bicyclic) bond motifs is 2. The molecule has 0 saturated heterocycles. The molecule has 0 saturated carbocycles. The average Bonchev–Trinajstić information content (AvgIpc) is 3.01. The van der Waals surface area contributed by atoms with Crippen LogP contribution >= 0.6 is 0 Å². The Labute approximate surface area is 175 Å². The van der Waals surface area contributed by atoms with Crippen molar-refractivity contribution in [3.05, 3.63) is 58.7 Å². The quantitative estimate of drug-likeness (QED) is 0.711. The predicted octanol–water partition coefficient (Wildman–Crippen LogP) is 2.84. The van der Waals surface area contributed by atoms with E-state index < -0.39 is 0 Å². The largest absolute Gasteiger partial charge is 0.493 e. The summed E-state index contributed by atoms with van der Waals surface area (Å²) < 4.78 is 10.8. The number of ether oxygens (including phenoxy) is 2. The summed E-state index contributed by atoms with van der Waals surface area (Å²) in [5.41, 5.74) is 2.95. The van der Waals surface area contributed by atoms with Crippen molar-refractivity contribution in [1.82, 2.24) is 9.80 Å². The third-order valence-electron chi connectivity index (χ3n) is 5.93. The molecule has 0 fully saturated rings. The molecule has 7 nitrogen and oxygen atoms in total. The third kappa shape index (κ3) is 3.20. The fourth-order valence-corrected chi connectivity index (χ4v) is 4.28. The van der Waals surface area contributed by atoms with Crippen molar-refractivity contribution in [2.24, 2.45) is 0 Å². The van der Waals surface area contributed by atoms with Gasteiger partial charge < -0.3 is 14.4 Å². The first kappa shape index (κ1) is 19.9. The van der Waals surface area contributed by atoms with Crippen molar-refractivity contribution in [1.29, 1.82) is 0 Å². The smallest absolute Gasteiger partial charge is 0.261 e. The monoisotopic (exact) mass is 408 g/mol. The maximum atomic E-state index is 13.0. The number of rotatable bonds is 5. The minimum atomic E-state index is -0.336. The number of carbonyl (C=O) groups excluding carboxylic acids is 3. The van der Waals surface area contributed by atoms with E-state index in [4.69, 9.17) is 9.47 Å². The van der Waals surface area contributed by atoms with Crippen LogP contribution in [-0.4, -0.2) is 54.8 Å². The Kier molecular flexibility index (Phi) is 5.20. The molecule has 2 aromatic rings. The lowest BCUT2D eigenvalue weighted by molar-refractivity contribution is -0.133. The summed E-state index contributed by atoms with van der Waals surface area (Å²) in [6, 6.07) is 10.5. The lowest BCUT2D eigenvalue weighted by Crippen LogP contribution is -2.41. The van der Waals surface area contributed by atoms with E-state index in [1.54, 1.807) is 43.4 Å². The van der Waals surface area contributed by atoms with Crippen LogP contribution in [0, 0.1) is 0 Å². The van der Waals surface area contributed by atoms with Gasteiger partial charge in [-0.3, -0.25) is 19.3 Å². The van der Waals surface area contributed by atoms with Crippen molar-refractivity contribution < 1.29 is 23.9 Å². The van der Waals surface area contributed by atoms with E-state index in [0.717, 1.165) is 11.1 Å². The minimum Gasteiger partial charge on any atom is -0.493 e. The van der Waals surface area contributed by atoms with Gasteiger partial charge in [0, 0.05) is 19.5 Å². The first-order valence-electron chi connectivity index (χ1n) is 9.95. The Hall–Kier alpha value is -3.35. The summed E-state index contributed by atoms with van der Waals surface area (Å²) >= 11 is 0. The summed E-state index contributed by atoms with van der Waals surface area (Å²) in [5, 5.41) is 0. The minimum absolute atomic E-state index is 0.0766. The Morgan fingerprint density at radius 1 is 1.03 bits per heavy atom. The van der Waals surface area contributed by atoms with Gasteiger partial charge in [0.1, 0.15) is 0 Å². The van der Waals surface area contributed by atoms with Crippen LogP contribution in [0.1, 0.15) is 51.2 Å². The highest BCUT2D eigenvalue weighted by Gasteiger charge is 2.36. The van der Waals surface area contributed by atoms with E-state index in [2.05, 4.69) is 0 Å². The molecular weight excluding hydrogens is 384 g/mol. The lowest BCUT2D eigenvalue weighted by Gasteiger charge is -2.36. The second kappa shape index (κ2) is 7.82. The summed E-state index contributed by atoms with van der Waals surface area (Å²) in [7, 11) is 3.19. The van der Waals surface area contributed by atoms with Gasteiger partial charge in [-0.1, -0.05) is 12.1 Å². The van der Waals surface area contributed by atoms with Crippen LogP contribution in [0.25, 0.3) is 0 Å². The highest BCUT2D eigenvalue weighted by molar-refractivity contribution is 6.21. The second-order valence-electron chi connectivity index (χ2n) is 7.48. The van der Waals surface area contributed by atoms with Gasteiger partial charge in [-0.15, -0.1) is 0 Å². The van der Waals surface area contributed by atoms with Crippen molar-refractivity contribution in [2.75, 3.05) is 27.3 Å². The van der Waals surface area contributed by atoms with E-state index in [-0.39, 0.29) is 36.7 Å². The topological polar surface area (TPSA) is 76.2 Å². The highest BCUT2D eigenvalue weighted by Crippen LogP contribution is 2.38. The molecule has 30 heavy (non-hydrogen) atoms. The fraction of sp³-hybridized carbons (Fsp3) is 0.348. The Morgan fingerprint density at radius 2 is 1.63 bits per heavy atom. The fourth-order valence-electron chi connectivity index (χ4n) is 4.28. The number of amides is 3. The van der Waals surface area contributed by atoms with Gasteiger partial charge in [0.05, 0.1) is 31.4 Å². The molecule has 156 valence electrons. The normalized spacial score (nSPS) is 17.6. The third-order valence-corrected chi connectivity index (χ3v) is 5.93. The Bertz CT molecular complexity index is 997. The zero-order valence-corrected chi connectivity index (χ0v) is 17.3. The standard InChI is InChI=1S/C23H24N2O5/c1-14-18-13-20(30-3)19(29-2)12-15(18)8-10-24(14)21(26)9-11-25-22(27)16-6-4-5-7-17(16)23(25)28/h4-7,12-14H,8-11H2,1-3H3/t14-/m0/s1. The molecule has 0 radical (unpaired) electrons. The van der Waals surface area contributed by atoms with Crippen molar-refractivity contribution in [3.8, 4) is 11.5 Å². The van der Waals surface area contributed by atoms with E-state index in [9.17, 15) is 14.4 Å². The lowest BCUT2D eigenvalue weighted by atomic mass is 9.92. The van der Waals surface area contributed by atoms with Crippen LogP contribution in [0.5, 0.6) is 11.5 Å². The molecule has 4 rings (SSSR count). The first-order valence-corrected chi connectivity index (χ1v) is 9.95. The molecule has 0 spiro atoms. The molecule has 0 N–H and O–H groups in total. The maximum absolute atomic E-state index is 13.0. The molecule has 2 aliphatic heterocycles. The average molecular weight is 408 g/mol.